The van der Waals surface area contributed by atoms with Crippen LogP contribution in [-0.4, -0.2) is 31.0 Å². The maximum atomic E-state index is 11.4. The van der Waals surface area contributed by atoms with Crippen molar-refractivity contribution in [2.75, 3.05) is 36.1 Å². The Morgan fingerprint density at radius 1 is 1.56 bits per heavy atom. The molecular formula is C13H17N3OS. The van der Waals surface area contributed by atoms with Gasteiger partial charge in [-0.05, 0) is 18.2 Å². The molecule has 0 saturated carbocycles. The predicted octanol–water partition coefficient (Wildman–Crippen LogP) is 1.41. The standard InChI is InChI=1S/C13H17N3OS/c1-3-7-18-8-6-16-12-5-4-10(9-11(12)14)13(17)15-2/h1,4-5,9,16H,6-8,14H2,2H3,(H,15,17). The number of anilines is 2. The zero-order valence-electron chi connectivity index (χ0n) is 10.3. The van der Waals surface area contributed by atoms with E-state index in [2.05, 4.69) is 16.6 Å². The number of carbonyl (C=O) groups is 1. The van der Waals surface area contributed by atoms with Gasteiger partial charge in [0.15, 0.2) is 0 Å². The SMILES string of the molecule is C#CCSCCNc1ccc(C(=O)NC)cc1N. The van der Waals surface area contributed by atoms with E-state index in [1.54, 1.807) is 30.9 Å². The number of nitrogens with one attached hydrogen (secondary N) is 2. The molecular weight excluding hydrogens is 246 g/mol. The van der Waals surface area contributed by atoms with E-state index in [9.17, 15) is 4.79 Å². The number of hydrogen-bond acceptors (Lipinski definition) is 4. The lowest BCUT2D eigenvalue weighted by Gasteiger charge is -2.10. The summed E-state index contributed by atoms with van der Waals surface area (Å²) in [4.78, 5) is 11.4. The molecule has 0 fully saturated rings. The summed E-state index contributed by atoms with van der Waals surface area (Å²) in [6.45, 7) is 0.788. The van der Waals surface area contributed by atoms with Crippen molar-refractivity contribution in [2.24, 2.45) is 0 Å². The molecule has 0 bridgehead atoms. The molecule has 1 aromatic carbocycles. The van der Waals surface area contributed by atoms with Crippen LogP contribution in [0, 0.1) is 12.3 Å². The predicted molar refractivity (Wildman–Crippen MR) is 78.9 cm³/mol. The molecule has 0 aliphatic rings. The van der Waals surface area contributed by atoms with Gasteiger partial charge < -0.3 is 16.4 Å². The van der Waals surface area contributed by atoms with Crippen molar-refractivity contribution in [3.05, 3.63) is 23.8 Å². The number of nitrogens with two attached hydrogens (primary N) is 1. The summed E-state index contributed by atoms with van der Waals surface area (Å²) >= 11 is 1.69. The number of benzene rings is 1. The van der Waals surface area contributed by atoms with E-state index in [-0.39, 0.29) is 5.91 Å². The lowest BCUT2D eigenvalue weighted by Crippen LogP contribution is -2.18. The van der Waals surface area contributed by atoms with Gasteiger partial charge in [0.05, 0.1) is 17.1 Å². The van der Waals surface area contributed by atoms with E-state index in [1.807, 2.05) is 6.07 Å². The number of hydrogen-bond donors (Lipinski definition) is 3. The third kappa shape index (κ3) is 4.22. The van der Waals surface area contributed by atoms with Crippen LogP contribution < -0.4 is 16.4 Å². The molecule has 96 valence electrons. The summed E-state index contributed by atoms with van der Waals surface area (Å²) in [6, 6.07) is 5.22. The first-order valence-corrected chi connectivity index (χ1v) is 6.71. The van der Waals surface area contributed by atoms with Gasteiger partial charge in [-0.2, -0.15) is 0 Å². The minimum absolute atomic E-state index is 0.141. The molecule has 0 aliphatic heterocycles. The molecule has 0 unspecified atom stereocenters. The van der Waals surface area contributed by atoms with Crippen LogP contribution in [0.5, 0.6) is 0 Å². The maximum absolute atomic E-state index is 11.4. The van der Waals surface area contributed by atoms with Crippen LogP contribution in [0.25, 0.3) is 0 Å². The van der Waals surface area contributed by atoms with Gasteiger partial charge in [-0.1, -0.05) is 5.92 Å². The van der Waals surface area contributed by atoms with Crippen molar-refractivity contribution >= 4 is 29.0 Å². The van der Waals surface area contributed by atoms with Gasteiger partial charge in [0, 0.05) is 24.9 Å². The lowest BCUT2D eigenvalue weighted by molar-refractivity contribution is 0.0963. The van der Waals surface area contributed by atoms with Crippen molar-refractivity contribution in [1.82, 2.24) is 5.32 Å². The van der Waals surface area contributed by atoms with Gasteiger partial charge >= 0.3 is 0 Å². The number of amides is 1. The van der Waals surface area contributed by atoms with Gasteiger partial charge in [-0.25, -0.2) is 0 Å². The first-order chi connectivity index (χ1) is 8.69. The van der Waals surface area contributed by atoms with Crippen LogP contribution in [-0.2, 0) is 0 Å². The Morgan fingerprint density at radius 3 is 2.94 bits per heavy atom. The van der Waals surface area contributed by atoms with Gasteiger partial charge in [0.2, 0.25) is 0 Å². The Morgan fingerprint density at radius 2 is 2.33 bits per heavy atom. The summed E-state index contributed by atoms with van der Waals surface area (Å²) in [7, 11) is 1.59. The van der Waals surface area contributed by atoms with Crippen molar-refractivity contribution in [2.45, 2.75) is 0 Å². The summed E-state index contributed by atoms with van der Waals surface area (Å²) in [5.41, 5.74) is 7.84. The van der Waals surface area contributed by atoms with Crippen molar-refractivity contribution in [3.63, 3.8) is 0 Å². The first kappa shape index (κ1) is 14.3. The molecule has 0 aromatic heterocycles. The zero-order chi connectivity index (χ0) is 13.4. The largest absolute Gasteiger partial charge is 0.397 e. The Labute approximate surface area is 112 Å². The van der Waals surface area contributed by atoms with Crippen LogP contribution in [0.2, 0.25) is 0 Å². The molecule has 18 heavy (non-hydrogen) atoms. The molecule has 0 radical (unpaired) electrons. The first-order valence-electron chi connectivity index (χ1n) is 5.55. The minimum atomic E-state index is -0.141. The summed E-state index contributed by atoms with van der Waals surface area (Å²) in [5.74, 6) is 4.06. The number of terminal acetylenes is 1. The molecule has 1 rings (SSSR count). The fraction of sp³-hybridized carbons (Fsp3) is 0.308. The highest BCUT2D eigenvalue weighted by Gasteiger charge is 2.05. The summed E-state index contributed by atoms with van der Waals surface area (Å²) < 4.78 is 0. The van der Waals surface area contributed by atoms with Gasteiger partial charge in [0.25, 0.3) is 5.91 Å². The Kier molecular flexibility index (Phi) is 5.95. The molecule has 5 heteroatoms. The second kappa shape index (κ2) is 7.51. The van der Waals surface area contributed by atoms with Crippen LogP contribution >= 0.6 is 11.8 Å². The lowest BCUT2D eigenvalue weighted by atomic mass is 10.1. The Hall–Kier alpha value is -1.80. The maximum Gasteiger partial charge on any atom is 0.251 e. The summed E-state index contributed by atoms with van der Waals surface area (Å²) in [5, 5.41) is 5.77. The normalized spacial score (nSPS) is 9.56. The average molecular weight is 263 g/mol. The van der Waals surface area contributed by atoms with Crippen LogP contribution in [0.1, 0.15) is 10.4 Å². The highest BCUT2D eigenvalue weighted by atomic mass is 32.2. The van der Waals surface area contributed by atoms with E-state index < -0.39 is 0 Å². The second-order valence-corrected chi connectivity index (χ2v) is 4.67. The monoisotopic (exact) mass is 263 g/mol. The highest BCUT2D eigenvalue weighted by molar-refractivity contribution is 7.99. The molecule has 1 amide bonds. The number of nitrogen functional groups attached to an aromatic ring is 1. The van der Waals surface area contributed by atoms with Crippen molar-refractivity contribution in [3.8, 4) is 12.3 Å². The third-order valence-corrected chi connectivity index (χ3v) is 3.15. The van der Waals surface area contributed by atoms with E-state index in [1.165, 1.54) is 0 Å². The number of thioether (sulfide) groups is 1. The molecule has 4 N–H and O–H groups in total. The van der Waals surface area contributed by atoms with E-state index in [0.717, 1.165) is 18.0 Å². The quantitative estimate of drug-likeness (QED) is 0.412. The van der Waals surface area contributed by atoms with Crippen LogP contribution in [0.4, 0.5) is 11.4 Å². The molecule has 4 nitrogen and oxygen atoms in total. The minimum Gasteiger partial charge on any atom is -0.397 e. The molecule has 0 spiro atoms. The average Bonchev–Trinajstić information content (AvgIpc) is 2.39. The molecule has 1 aromatic rings. The van der Waals surface area contributed by atoms with Crippen LogP contribution in [0.15, 0.2) is 18.2 Å². The zero-order valence-corrected chi connectivity index (χ0v) is 11.1. The van der Waals surface area contributed by atoms with E-state index >= 15 is 0 Å². The number of rotatable bonds is 6. The van der Waals surface area contributed by atoms with Gasteiger partial charge in [0.1, 0.15) is 0 Å². The fourth-order valence-electron chi connectivity index (χ4n) is 1.40. The third-order valence-electron chi connectivity index (χ3n) is 2.29. The van der Waals surface area contributed by atoms with Crippen LogP contribution in [0.3, 0.4) is 0 Å². The van der Waals surface area contributed by atoms with Crippen molar-refractivity contribution in [1.29, 1.82) is 0 Å². The smallest absolute Gasteiger partial charge is 0.251 e. The summed E-state index contributed by atoms with van der Waals surface area (Å²) in [6.07, 6.45) is 5.16. The highest BCUT2D eigenvalue weighted by Crippen LogP contribution is 2.19. The topological polar surface area (TPSA) is 67.2 Å². The molecule has 0 atom stereocenters. The fourth-order valence-corrected chi connectivity index (χ4v) is 1.91. The Bertz CT molecular complexity index is 454. The van der Waals surface area contributed by atoms with Gasteiger partial charge in [-0.15, -0.1) is 18.2 Å². The van der Waals surface area contributed by atoms with Gasteiger partial charge in [-0.3, -0.25) is 4.79 Å². The molecule has 0 aliphatic carbocycles. The Balaban J connectivity index is 2.53. The second-order valence-electron chi connectivity index (χ2n) is 3.56. The molecule has 0 saturated heterocycles. The van der Waals surface area contributed by atoms with Crippen molar-refractivity contribution < 1.29 is 4.79 Å². The van der Waals surface area contributed by atoms with E-state index in [4.69, 9.17) is 12.2 Å². The number of carbonyl (C=O) groups excluding carboxylic acids is 1. The molecule has 0 heterocycles. The van der Waals surface area contributed by atoms with E-state index in [0.29, 0.717) is 17.0 Å².